The van der Waals surface area contributed by atoms with E-state index in [-0.39, 0.29) is 0 Å². The van der Waals surface area contributed by atoms with Gasteiger partial charge in [-0.05, 0) is 48.8 Å². The Labute approximate surface area is 103 Å². The molecular formula is C15H20O2. The molecule has 0 bridgehead atoms. The van der Waals surface area contributed by atoms with E-state index in [1.54, 1.807) is 0 Å². The summed E-state index contributed by atoms with van der Waals surface area (Å²) in [7, 11) is 0. The maximum atomic E-state index is 10.4. The molecule has 1 unspecified atom stereocenters. The summed E-state index contributed by atoms with van der Waals surface area (Å²) >= 11 is 0. The van der Waals surface area contributed by atoms with Gasteiger partial charge < -0.3 is 9.84 Å². The van der Waals surface area contributed by atoms with Crippen molar-refractivity contribution in [3.05, 3.63) is 34.9 Å². The Morgan fingerprint density at radius 2 is 2.06 bits per heavy atom. The van der Waals surface area contributed by atoms with Crippen LogP contribution < -0.4 is 0 Å². The van der Waals surface area contributed by atoms with Gasteiger partial charge in [0.25, 0.3) is 0 Å². The Morgan fingerprint density at radius 3 is 2.88 bits per heavy atom. The molecule has 2 aliphatic rings. The van der Waals surface area contributed by atoms with Crippen LogP contribution in [0.4, 0.5) is 0 Å². The van der Waals surface area contributed by atoms with Crippen LogP contribution in [0.2, 0.25) is 0 Å². The number of fused-ring (bicyclic) bond motifs is 1. The summed E-state index contributed by atoms with van der Waals surface area (Å²) in [5.74, 6) is 0. The number of aliphatic hydroxyl groups is 1. The van der Waals surface area contributed by atoms with Gasteiger partial charge >= 0.3 is 0 Å². The molecule has 2 heteroatoms. The van der Waals surface area contributed by atoms with Crippen molar-refractivity contribution in [2.75, 3.05) is 13.2 Å². The number of rotatable bonds is 2. The summed E-state index contributed by atoms with van der Waals surface area (Å²) in [5.41, 5.74) is 3.62. The molecule has 1 aromatic rings. The van der Waals surface area contributed by atoms with Gasteiger partial charge in [-0.25, -0.2) is 0 Å². The average molecular weight is 232 g/mol. The van der Waals surface area contributed by atoms with Gasteiger partial charge in [0.15, 0.2) is 0 Å². The molecule has 0 spiro atoms. The fourth-order valence-corrected chi connectivity index (χ4v) is 3.09. The molecule has 1 aromatic carbocycles. The van der Waals surface area contributed by atoms with Gasteiger partial charge in [-0.1, -0.05) is 18.2 Å². The first-order valence-electron chi connectivity index (χ1n) is 6.66. The third kappa shape index (κ3) is 2.38. The van der Waals surface area contributed by atoms with Crippen LogP contribution in [0.5, 0.6) is 0 Å². The van der Waals surface area contributed by atoms with E-state index >= 15 is 0 Å². The first-order valence-corrected chi connectivity index (χ1v) is 6.66. The van der Waals surface area contributed by atoms with Crippen molar-refractivity contribution in [2.24, 2.45) is 0 Å². The second kappa shape index (κ2) is 4.43. The van der Waals surface area contributed by atoms with E-state index in [0.717, 1.165) is 25.9 Å². The Kier molecular flexibility index (Phi) is 2.93. The third-order valence-corrected chi connectivity index (χ3v) is 4.00. The van der Waals surface area contributed by atoms with E-state index in [1.165, 1.54) is 36.0 Å². The molecule has 1 atom stereocenters. The highest BCUT2D eigenvalue weighted by atomic mass is 16.5. The molecule has 1 saturated heterocycles. The molecule has 0 aromatic heterocycles. The van der Waals surface area contributed by atoms with Crippen molar-refractivity contribution in [1.29, 1.82) is 0 Å². The Morgan fingerprint density at radius 1 is 1.18 bits per heavy atom. The summed E-state index contributed by atoms with van der Waals surface area (Å²) < 4.78 is 5.40. The topological polar surface area (TPSA) is 29.5 Å². The van der Waals surface area contributed by atoms with Crippen LogP contribution in [-0.4, -0.2) is 23.9 Å². The number of hydrogen-bond donors (Lipinski definition) is 1. The van der Waals surface area contributed by atoms with Gasteiger partial charge in [-0.15, -0.1) is 0 Å². The van der Waals surface area contributed by atoms with Crippen molar-refractivity contribution in [3.8, 4) is 0 Å². The molecule has 1 heterocycles. The van der Waals surface area contributed by atoms with Gasteiger partial charge in [0.05, 0.1) is 12.2 Å². The van der Waals surface area contributed by atoms with Crippen molar-refractivity contribution in [2.45, 2.75) is 44.1 Å². The lowest BCUT2D eigenvalue weighted by Gasteiger charge is -2.32. The van der Waals surface area contributed by atoms with Crippen LogP contribution in [0.15, 0.2) is 18.2 Å². The summed E-state index contributed by atoms with van der Waals surface area (Å²) in [6.45, 7) is 1.29. The van der Waals surface area contributed by atoms with Crippen LogP contribution in [0.3, 0.4) is 0 Å². The van der Waals surface area contributed by atoms with Crippen LogP contribution in [0.25, 0.3) is 0 Å². The highest BCUT2D eigenvalue weighted by Gasteiger charge is 2.30. The predicted octanol–water partition coefficient (Wildman–Crippen LogP) is 2.26. The van der Waals surface area contributed by atoms with Crippen molar-refractivity contribution in [3.63, 3.8) is 0 Å². The van der Waals surface area contributed by atoms with Crippen molar-refractivity contribution < 1.29 is 9.84 Å². The monoisotopic (exact) mass is 232 g/mol. The summed E-state index contributed by atoms with van der Waals surface area (Å²) in [6, 6.07) is 6.70. The maximum absolute atomic E-state index is 10.4. The van der Waals surface area contributed by atoms with E-state index in [9.17, 15) is 5.11 Å². The number of benzene rings is 1. The molecule has 17 heavy (non-hydrogen) atoms. The zero-order chi connectivity index (χ0) is 11.7. The van der Waals surface area contributed by atoms with Gasteiger partial charge in [0, 0.05) is 13.0 Å². The summed E-state index contributed by atoms with van der Waals surface area (Å²) in [5, 5.41) is 10.4. The van der Waals surface area contributed by atoms with Crippen LogP contribution in [-0.2, 0) is 24.0 Å². The van der Waals surface area contributed by atoms with Gasteiger partial charge in [0.2, 0.25) is 0 Å². The zero-order valence-corrected chi connectivity index (χ0v) is 10.2. The lowest BCUT2D eigenvalue weighted by molar-refractivity contribution is -0.0845. The molecule has 1 N–H and O–H groups in total. The molecule has 1 aliphatic carbocycles. The minimum atomic E-state index is -0.634. The van der Waals surface area contributed by atoms with Crippen LogP contribution >= 0.6 is 0 Å². The molecule has 92 valence electrons. The molecule has 0 amide bonds. The first kappa shape index (κ1) is 11.2. The van der Waals surface area contributed by atoms with E-state index in [1.807, 2.05) is 0 Å². The fourth-order valence-electron chi connectivity index (χ4n) is 3.09. The largest absolute Gasteiger partial charge is 0.387 e. The first-order chi connectivity index (χ1) is 8.25. The van der Waals surface area contributed by atoms with Crippen LogP contribution in [0, 0.1) is 0 Å². The second-order valence-electron chi connectivity index (χ2n) is 5.51. The normalized spacial score (nSPS) is 28.1. The third-order valence-electron chi connectivity index (χ3n) is 4.00. The molecule has 1 aliphatic heterocycles. The van der Waals surface area contributed by atoms with Gasteiger partial charge in [-0.2, -0.15) is 0 Å². The number of hydrogen-bond acceptors (Lipinski definition) is 2. The molecular weight excluding hydrogens is 212 g/mol. The zero-order valence-electron chi connectivity index (χ0n) is 10.2. The fraction of sp³-hybridized carbons (Fsp3) is 0.600. The SMILES string of the molecule is OC1(Cc2ccc3c(c2)CCC3)CCCOC1. The summed E-state index contributed by atoms with van der Waals surface area (Å²) in [4.78, 5) is 0. The van der Waals surface area contributed by atoms with Crippen molar-refractivity contribution >= 4 is 0 Å². The van der Waals surface area contributed by atoms with Gasteiger partial charge in [0.1, 0.15) is 0 Å². The summed E-state index contributed by atoms with van der Waals surface area (Å²) in [6.07, 6.45) is 6.29. The average Bonchev–Trinajstić information content (AvgIpc) is 2.76. The van der Waals surface area contributed by atoms with E-state index in [0.29, 0.717) is 6.61 Å². The molecule has 3 rings (SSSR count). The van der Waals surface area contributed by atoms with E-state index in [4.69, 9.17) is 4.74 Å². The number of ether oxygens (including phenoxy) is 1. The predicted molar refractivity (Wildman–Crippen MR) is 67.2 cm³/mol. The molecule has 1 fully saturated rings. The highest BCUT2D eigenvalue weighted by molar-refractivity contribution is 5.35. The minimum Gasteiger partial charge on any atom is -0.387 e. The lowest BCUT2D eigenvalue weighted by atomic mass is 9.88. The van der Waals surface area contributed by atoms with Crippen molar-refractivity contribution in [1.82, 2.24) is 0 Å². The Balaban J connectivity index is 1.76. The second-order valence-corrected chi connectivity index (χ2v) is 5.51. The Hall–Kier alpha value is -0.860. The smallest absolute Gasteiger partial charge is 0.0921 e. The molecule has 2 nitrogen and oxygen atoms in total. The highest BCUT2D eigenvalue weighted by Crippen LogP contribution is 2.27. The molecule has 0 saturated carbocycles. The quantitative estimate of drug-likeness (QED) is 0.847. The maximum Gasteiger partial charge on any atom is 0.0921 e. The number of aryl methyl sites for hydroxylation is 2. The molecule has 0 radical (unpaired) electrons. The van der Waals surface area contributed by atoms with E-state index in [2.05, 4.69) is 18.2 Å². The standard InChI is InChI=1S/C15H20O2/c16-15(7-2-8-17-11-15)10-12-5-6-13-3-1-4-14(13)9-12/h5-6,9,16H,1-4,7-8,10-11H2. The van der Waals surface area contributed by atoms with Gasteiger partial charge in [-0.3, -0.25) is 0 Å². The minimum absolute atomic E-state index is 0.490. The van der Waals surface area contributed by atoms with E-state index < -0.39 is 5.60 Å². The Bertz CT molecular complexity index is 405. The van der Waals surface area contributed by atoms with Crippen LogP contribution in [0.1, 0.15) is 36.0 Å². The lowest BCUT2D eigenvalue weighted by Crippen LogP contribution is -2.40.